The van der Waals surface area contributed by atoms with Crippen molar-refractivity contribution in [1.29, 1.82) is 0 Å². The first-order chi connectivity index (χ1) is 9.76. The van der Waals surface area contributed by atoms with E-state index in [-0.39, 0.29) is 5.54 Å². The van der Waals surface area contributed by atoms with E-state index < -0.39 is 4.92 Å². The molecule has 0 bridgehead atoms. The molecule has 0 aromatic heterocycles. The molecule has 2 rings (SSSR count). The Morgan fingerprint density at radius 3 is 2.71 bits per heavy atom. The van der Waals surface area contributed by atoms with Gasteiger partial charge in [-0.05, 0) is 68.9 Å². The highest BCUT2D eigenvalue weighted by Crippen LogP contribution is 2.44. The SMILES string of the molecule is CCN1c2cc(C)c(/C=C\[N+](=O)[O-])cc2C(C)CC1(C)C. The van der Waals surface area contributed by atoms with E-state index in [1.165, 1.54) is 11.3 Å². The highest BCUT2D eigenvalue weighted by atomic mass is 16.6. The van der Waals surface area contributed by atoms with Crippen LogP contribution in [0.1, 0.15) is 56.7 Å². The zero-order valence-electron chi connectivity index (χ0n) is 13.5. The summed E-state index contributed by atoms with van der Waals surface area (Å²) in [6.07, 6.45) is 3.71. The molecule has 1 aromatic carbocycles. The van der Waals surface area contributed by atoms with Crippen LogP contribution in [0.3, 0.4) is 0 Å². The quantitative estimate of drug-likeness (QED) is 0.613. The fourth-order valence-electron chi connectivity index (χ4n) is 3.57. The summed E-state index contributed by atoms with van der Waals surface area (Å²) < 4.78 is 0. The number of hydrogen-bond acceptors (Lipinski definition) is 3. The van der Waals surface area contributed by atoms with Gasteiger partial charge in [-0.1, -0.05) is 6.92 Å². The van der Waals surface area contributed by atoms with Crippen molar-refractivity contribution >= 4 is 11.8 Å². The molecule has 114 valence electrons. The Labute approximate surface area is 126 Å². The molecule has 1 unspecified atom stereocenters. The lowest BCUT2D eigenvalue weighted by atomic mass is 9.79. The number of fused-ring (bicyclic) bond motifs is 1. The Morgan fingerprint density at radius 2 is 2.14 bits per heavy atom. The Bertz CT molecular complexity index is 591. The molecule has 1 aliphatic heterocycles. The van der Waals surface area contributed by atoms with Crippen LogP contribution in [0.2, 0.25) is 0 Å². The van der Waals surface area contributed by atoms with Crippen LogP contribution in [0.5, 0.6) is 0 Å². The third-order valence-electron chi connectivity index (χ3n) is 4.47. The van der Waals surface area contributed by atoms with Gasteiger partial charge in [-0.3, -0.25) is 10.1 Å². The van der Waals surface area contributed by atoms with Gasteiger partial charge in [0.15, 0.2) is 0 Å². The smallest absolute Gasteiger partial charge is 0.235 e. The van der Waals surface area contributed by atoms with Gasteiger partial charge < -0.3 is 4.90 Å². The lowest BCUT2D eigenvalue weighted by Crippen LogP contribution is -2.48. The minimum atomic E-state index is -0.413. The van der Waals surface area contributed by atoms with Crippen LogP contribution in [-0.4, -0.2) is 17.0 Å². The molecule has 1 aliphatic rings. The molecule has 0 saturated heterocycles. The van der Waals surface area contributed by atoms with E-state index in [4.69, 9.17) is 0 Å². The van der Waals surface area contributed by atoms with Crippen molar-refractivity contribution in [2.45, 2.75) is 52.5 Å². The van der Waals surface area contributed by atoms with Gasteiger partial charge in [-0.25, -0.2) is 0 Å². The van der Waals surface area contributed by atoms with E-state index in [0.29, 0.717) is 5.92 Å². The normalized spacial score (nSPS) is 20.6. The second kappa shape index (κ2) is 5.51. The van der Waals surface area contributed by atoms with Gasteiger partial charge in [0, 0.05) is 23.8 Å². The third kappa shape index (κ3) is 2.94. The van der Waals surface area contributed by atoms with Crippen molar-refractivity contribution in [3.63, 3.8) is 0 Å². The summed E-state index contributed by atoms with van der Waals surface area (Å²) in [5.41, 5.74) is 4.73. The number of anilines is 1. The first-order valence-corrected chi connectivity index (χ1v) is 7.50. The topological polar surface area (TPSA) is 46.4 Å². The van der Waals surface area contributed by atoms with E-state index in [1.807, 2.05) is 6.92 Å². The van der Waals surface area contributed by atoms with Crippen LogP contribution in [0.25, 0.3) is 6.08 Å². The molecule has 1 atom stereocenters. The molecule has 1 aromatic rings. The van der Waals surface area contributed by atoms with E-state index in [9.17, 15) is 10.1 Å². The molecule has 4 heteroatoms. The standard InChI is InChI=1S/C17H24N2O2/c1-6-18-16-9-12(2)14(7-8-19(20)21)10-15(16)13(3)11-17(18,4)5/h7-10,13H,6,11H2,1-5H3/b8-7-. The van der Waals surface area contributed by atoms with Gasteiger partial charge in [0.1, 0.15) is 0 Å². The fraction of sp³-hybridized carbons (Fsp3) is 0.529. The predicted molar refractivity (Wildman–Crippen MR) is 87.3 cm³/mol. The summed E-state index contributed by atoms with van der Waals surface area (Å²) >= 11 is 0. The second-order valence-electron chi connectivity index (χ2n) is 6.53. The number of hydrogen-bond donors (Lipinski definition) is 0. The van der Waals surface area contributed by atoms with E-state index >= 15 is 0 Å². The highest BCUT2D eigenvalue weighted by Gasteiger charge is 2.35. The van der Waals surface area contributed by atoms with Crippen LogP contribution in [0.4, 0.5) is 5.69 Å². The van der Waals surface area contributed by atoms with Crippen molar-refractivity contribution in [3.05, 3.63) is 45.1 Å². The molecule has 0 N–H and O–H groups in total. The van der Waals surface area contributed by atoms with Crippen molar-refractivity contribution in [1.82, 2.24) is 0 Å². The molecule has 1 heterocycles. The maximum Gasteiger partial charge on any atom is 0.235 e. The largest absolute Gasteiger partial charge is 0.366 e. The van der Waals surface area contributed by atoms with Crippen molar-refractivity contribution < 1.29 is 4.92 Å². The zero-order chi connectivity index (χ0) is 15.8. The molecule has 0 radical (unpaired) electrons. The van der Waals surface area contributed by atoms with Crippen molar-refractivity contribution in [2.24, 2.45) is 0 Å². The molecular formula is C17H24N2O2. The summed E-state index contributed by atoms with van der Waals surface area (Å²) in [6, 6.07) is 4.29. The van der Waals surface area contributed by atoms with Gasteiger partial charge in [0.2, 0.25) is 6.20 Å². The lowest BCUT2D eigenvalue weighted by Gasteiger charge is -2.47. The van der Waals surface area contributed by atoms with E-state index in [2.05, 4.69) is 44.7 Å². The Kier molecular flexibility index (Phi) is 4.08. The monoisotopic (exact) mass is 288 g/mol. The number of nitrogens with zero attached hydrogens (tertiary/aromatic N) is 2. The predicted octanol–water partition coefficient (Wildman–Crippen LogP) is 4.35. The Hall–Kier alpha value is -1.84. The maximum atomic E-state index is 10.5. The van der Waals surface area contributed by atoms with Crippen LogP contribution >= 0.6 is 0 Å². The minimum absolute atomic E-state index is 0.145. The molecule has 21 heavy (non-hydrogen) atoms. The van der Waals surface area contributed by atoms with E-state index in [0.717, 1.165) is 30.3 Å². The van der Waals surface area contributed by atoms with Crippen LogP contribution in [0.15, 0.2) is 18.3 Å². The molecule has 0 aliphatic carbocycles. The van der Waals surface area contributed by atoms with E-state index in [1.54, 1.807) is 6.08 Å². The average molecular weight is 288 g/mol. The zero-order valence-corrected chi connectivity index (χ0v) is 13.5. The highest BCUT2D eigenvalue weighted by molar-refractivity contribution is 5.67. The number of aryl methyl sites for hydroxylation is 1. The van der Waals surface area contributed by atoms with Gasteiger partial charge in [0.05, 0.1) is 4.92 Å². The number of benzene rings is 1. The molecule has 0 amide bonds. The van der Waals surface area contributed by atoms with Gasteiger partial charge in [0.25, 0.3) is 0 Å². The maximum absolute atomic E-state index is 10.5. The lowest BCUT2D eigenvalue weighted by molar-refractivity contribution is -0.400. The molecule has 0 fully saturated rings. The molecule has 0 spiro atoms. The van der Waals surface area contributed by atoms with Crippen molar-refractivity contribution in [3.8, 4) is 0 Å². The van der Waals surface area contributed by atoms with Crippen molar-refractivity contribution in [2.75, 3.05) is 11.4 Å². The van der Waals surface area contributed by atoms with Crippen LogP contribution < -0.4 is 4.90 Å². The summed E-state index contributed by atoms with van der Waals surface area (Å²) in [6.45, 7) is 12.0. The summed E-state index contributed by atoms with van der Waals surface area (Å²) in [4.78, 5) is 12.6. The van der Waals surface area contributed by atoms with Crippen LogP contribution in [0, 0.1) is 17.0 Å². The number of rotatable bonds is 3. The summed E-state index contributed by atoms with van der Waals surface area (Å²) in [5, 5.41) is 10.5. The summed E-state index contributed by atoms with van der Waals surface area (Å²) in [5.74, 6) is 0.459. The first kappa shape index (κ1) is 15.5. The summed E-state index contributed by atoms with van der Waals surface area (Å²) in [7, 11) is 0. The molecule has 4 nitrogen and oxygen atoms in total. The second-order valence-corrected chi connectivity index (χ2v) is 6.53. The average Bonchev–Trinajstić information content (AvgIpc) is 2.36. The van der Waals surface area contributed by atoms with Gasteiger partial charge >= 0.3 is 0 Å². The third-order valence-corrected chi connectivity index (χ3v) is 4.47. The Balaban J connectivity index is 2.54. The van der Waals surface area contributed by atoms with Gasteiger partial charge in [-0.2, -0.15) is 0 Å². The fourth-order valence-corrected chi connectivity index (χ4v) is 3.57. The van der Waals surface area contributed by atoms with Gasteiger partial charge in [-0.15, -0.1) is 0 Å². The Morgan fingerprint density at radius 1 is 1.48 bits per heavy atom. The number of nitro groups is 1. The molecule has 0 saturated carbocycles. The first-order valence-electron chi connectivity index (χ1n) is 7.50. The van der Waals surface area contributed by atoms with Crippen LogP contribution in [-0.2, 0) is 0 Å². The molecular weight excluding hydrogens is 264 g/mol. The minimum Gasteiger partial charge on any atom is -0.366 e.